The lowest BCUT2D eigenvalue weighted by atomic mass is 9.97. The summed E-state index contributed by atoms with van der Waals surface area (Å²) in [5.41, 5.74) is 8.02. The van der Waals surface area contributed by atoms with Crippen molar-refractivity contribution in [2.75, 3.05) is 0 Å². The average Bonchev–Trinajstić information content (AvgIpc) is 3.03. The molecule has 0 amide bonds. The fourth-order valence-electron chi connectivity index (χ4n) is 1.89. The lowest BCUT2D eigenvalue weighted by Gasteiger charge is -2.14. The van der Waals surface area contributed by atoms with Crippen LogP contribution in [0.1, 0.15) is 40.4 Å². The third-order valence-electron chi connectivity index (χ3n) is 2.93. The van der Waals surface area contributed by atoms with Crippen LogP contribution in [0.25, 0.3) is 0 Å². The van der Waals surface area contributed by atoms with Crippen LogP contribution < -0.4 is 5.73 Å². The van der Waals surface area contributed by atoms with Crippen molar-refractivity contribution in [2.24, 2.45) is 11.7 Å². The zero-order valence-corrected chi connectivity index (χ0v) is 8.73. The first-order chi connectivity index (χ1) is 7.13. The summed E-state index contributed by atoms with van der Waals surface area (Å²) in [6, 6.07) is 3.40. The van der Waals surface area contributed by atoms with E-state index >= 15 is 0 Å². The molecule has 1 saturated carbocycles. The molecular weight excluding hydrogens is 190 g/mol. The molecule has 3 heteroatoms. The number of aryl methyl sites for hydroxylation is 1. The van der Waals surface area contributed by atoms with Crippen LogP contribution in [-0.2, 0) is 0 Å². The van der Waals surface area contributed by atoms with E-state index in [1.54, 1.807) is 6.07 Å². The molecule has 0 unspecified atom stereocenters. The minimum Gasteiger partial charge on any atom is -0.507 e. The predicted molar refractivity (Wildman–Crippen MR) is 57.9 cm³/mol. The number of phenolic OH excluding ortho intramolecular Hbond substituents is 1. The Balaban J connectivity index is 2.44. The highest BCUT2D eigenvalue weighted by Gasteiger charge is 2.31. The van der Waals surface area contributed by atoms with E-state index in [0.717, 1.165) is 18.4 Å². The lowest BCUT2D eigenvalue weighted by molar-refractivity contribution is 0.112. The average molecular weight is 205 g/mol. The van der Waals surface area contributed by atoms with E-state index in [-0.39, 0.29) is 11.8 Å². The van der Waals surface area contributed by atoms with Crippen molar-refractivity contribution < 1.29 is 9.90 Å². The van der Waals surface area contributed by atoms with Crippen LogP contribution in [0.3, 0.4) is 0 Å². The molecule has 0 spiro atoms. The fraction of sp³-hybridized carbons (Fsp3) is 0.417. The zero-order chi connectivity index (χ0) is 11.0. The standard InChI is InChI=1S/C12H15NO2/c1-7-4-9(6-14)12(15)10(5-7)11(13)8-2-3-8/h4-6,8,11,15H,2-3,13H2,1H3/t11-/m0/s1. The van der Waals surface area contributed by atoms with Crippen LogP contribution in [0.2, 0.25) is 0 Å². The summed E-state index contributed by atoms with van der Waals surface area (Å²) >= 11 is 0. The molecule has 3 N–H and O–H groups in total. The Morgan fingerprint density at radius 1 is 1.53 bits per heavy atom. The minimum absolute atomic E-state index is 0.0509. The first-order valence-corrected chi connectivity index (χ1v) is 5.17. The molecule has 0 aromatic heterocycles. The van der Waals surface area contributed by atoms with Crippen molar-refractivity contribution in [1.29, 1.82) is 0 Å². The summed E-state index contributed by atoms with van der Waals surface area (Å²) in [5.74, 6) is 0.521. The third kappa shape index (κ3) is 1.88. The van der Waals surface area contributed by atoms with E-state index in [1.807, 2.05) is 13.0 Å². The fourth-order valence-corrected chi connectivity index (χ4v) is 1.89. The first-order valence-electron chi connectivity index (χ1n) is 5.17. The monoisotopic (exact) mass is 205 g/mol. The summed E-state index contributed by atoms with van der Waals surface area (Å²) in [6.45, 7) is 1.90. The number of nitrogens with two attached hydrogens (primary N) is 1. The molecule has 0 aliphatic heterocycles. The Labute approximate surface area is 88.9 Å². The van der Waals surface area contributed by atoms with Gasteiger partial charge in [-0.1, -0.05) is 6.07 Å². The second-order valence-corrected chi connectivity index (χ2v) is 4.27. The van der Waals surface area contributed by atoms with Crippen molar-refractivity contribution in [1.82, 2.24) is 0 Å². The molecule has 1 aliphatic carbocycles. The lowest BCUT2D eigenvalue weighted by Crippen LogP contribution is -2.13. The van der Waals surface area contributed by atoms with Crippen molar-refractivity contribution in [3.8, 4) is 5.75 Å². The van der Waals surface area contributed by atoms with Gasteiger partial charge in [-0.05, 0) is 37.3 Å². The first kappa shape index (κ1) is 10.2. The summed E-state index contributed by atoms with van der Waals surface area (Å²) in [7, 11) is 0. The molecule has 3 nitrogen and oxygen atoms in total. The van der Waals surface area contributed by atoms with Gasteiger partial charge in [0.25, 0.3) is 0 Å². The molecule has 1 aromatic rings. The van der Waals surface area contributed by atoms with Gasteiger partial charge in [0, 0.05) is 11.6 Å². The molecule has 15 heavy (non-hydrogen) atoms. The maximum absolute atomic E-state index is 10.7. The Morgan fingerprint density at radius 2 is 2.20 bits per heavy atom. The van der Waals surface area contributed by atoms with Crippen LogP contribution in [0, 0.1) is 12.8 Å². The topological polar surface area (TPSA) is 63.3 Å². The second kappa shape index (κ2) is 3.66. The summed E-state index contributed by atoms with van der Waals surface area (Å²) in [5, 5.41) is 9.85. The van der Waals surface area contributed by atoms with E-state index < -0.39 is 0 Å². The largest absolute Gasteiger partial charge is 0.507 e. The molecule has 1 atom stereocenters. The number of aldehydes is 1. The molecule has 1 fully saturated rings. The van der Waals surface area contributed by atoms with Gasteiger partial charge in [0.05, 0.1) is 5.56 Å². The van der Waals surface area contributed by atoms with Crippen molar-refractivity contribution in [2.45, 2.75) is 25.8 Å². The highest BCUT2D eigenvalue weighted by molar-refractivity contribution is 5.80. The van der Waals surface area contributed by atoms with Gasteiger partial charge in [-0.3, -0.25) is 4.79 Å². The normalized spacial score (nSPS) is 17.5. The summed E-state index contributed by atoms with van der Waals surface area (Å²) in [4.78, 5) is 10.7. The Kier molecular flexibility index (Phi) is 2.49. The van der Waals surface area contributed by atoms with Crippen LogP contribution >= 0.6 is 0 Å². The predicted octanol–water partition coefficient (Wildman–Crippen LogP) is 1.92. The Morgan fingerprint density at radius 3 is 2.73 bits per heavy atom. The molecule has 0 heterocycles. The maximum Gasteiger partial charge on any atom is 0.153 e. The number of benzene rings is 1. The highest BCUT2D eigenvalue weighted by Crippen LogP contribution is 2.42. The van der Waals surface area contributed by atoms with Gasteiger partial charge in [-0.25, -0.2) is 0 Å². The third-order valence-corrected chi connectivity index (χ3v) is 2.93. The van der Waals surface area contributed by atoms with Crippen LogP contribution in [0.4, 0.5) is 0 Å². The highest BCUT2D eigenvalue weighted by atomic mass is 16.3. The Hall–Kier alpha value is -1.35. The number of rotatable bonds is 3. The van der Waals surface area contributed by atoms with Crippen molar-refractivity contribution >= 4 is 6.29 Å². The number of hydrogen-bond donors (Lipinski definition) is 2. The number of carbonyl (C=O) groups excluding carboxylic acids is 1. The van der Waals surface area contributed by atoms with Crippen LogP contribution in [0.15, 0.2) is 12.1 Å². The smallest absolute Gasteiger partial charge is 0.153 e. The molecule has 0 bridgehead atoms. The second-order valence-electron chi connectivity index (χ2n) is 4.27. The van der Waals surface area contributed by atoms with Crippen molar-refractivity contribution in [3.05, 3.63) is 28.8 Å². The molecule has 1 aromatic carbocycles. The van der Waals surface area contributed by atoms with Crippen molar-refractivity contribution in [3.63, 3.8) is 0 Å². The van der Waals surface area contributed by atoms with E-state index in [9.17, 15) is 9.90 Å². The number of phenols is 1. The van der Waals surface area contributed by atoms with E-state index in [1.165, 1.54) is 0 Å². The summed E-state index contributed by atoms with van der Waals surface area (Å²) in [6.07, 6.45) is 2.90. The van der Waals surface area contributed by atoms with Crippen LogP contribution in [0.5, 0.6) is 5.75 Å². The number of hydrogen-bond acceptors (Lipinski definition) is 3. The van der Waals surface area contributed by atoms with Gasteiger partial charge in [-0.15, -0.1) is 0 Å². The number of aromatic hydroxyl groups is 1. The van der Waals surface area contributed by atoms with Gasteiger partial charge in [0.1, 0.15) is 5.75 Å². The maximum atomic E-state index is 10.7. The zero-order valence-electron chi connectivity index (χ0n) is 8.73. The molecule has 2 rings (SSSR count). The molecule has 0 saturated heterocycles. The van der Waals surface area contributed by atoms with Crippen LogP contribution in [-0.4, -0.2) is 11.4 Å². The SMILES string of the molecule is Cc1cc(C=O)c(O)c([C@@H](N)C2CC2)c1. The quantitative estimate of drug-likeness (QED) is 0.741. The molecule has 80 valence electrons. The molecule has 1 aliphatic rings. The van der Waals surface area contributed by atoms with Gasteiger partial charge in [0.2, 0.25) is 0 Å². The summed E-state index contributed by atoms with van der Waals surface area (Å²) < 4.78 is 0. The van der Waals surface area contributed by atoms with Gasteiger partial charge in [0.15, 0.2) is 6.29 Å². The van der Waals surface area contributed by atoms with E-state index in [4.69, 9.17) is 5.73 Å². The number of carbonyl (C=O) groups is 1. The van der Waals surface area contributed by atoms with E-state index in [2.05, 4.69) is 0 Å². The molecule has 0 radical (unpaired) electrons. The molecular formula is C12H15NO2. The Bertz CT molecular complexity index is 397. The van der Waals surface area contributed by atoms with Gasteiger partial charge < -0.3 is 10.8 Å². The minimum atomic E-state index is -0.136. The van der Waals surface area contributed by atoms with Gasteiger partial charge in [-0.2, -0.15) is 0 Å². The van der Waals surface area contributed by atoms with E-state index in [0.29, 0.717) is 23.3 Å². The van der Waals surface area contributed by atoms with Gasteiger partial charge >= 0.3 is 0 Å².